The molecule has 0 radical (unpaired) electrons. The molecule has 6 heteroatoms. The summed E-state index contributed by atoms with van der Waals surface area (Å²) in [6.07, 6.45) is 7.44. The predicted octanol–water partition coefficient (Wildman–Crippen LogP) is 4.04. The topological polar surface area (TPSA) is 49.3 Å². The molecule has 0 spiro atoms. The maximum Gasteiger partial charge on any atom is 0.194 e. The second-order valence-electron chi connectivity index (χ2n) is 9.16. The molecule has 1 aromatic carbocycles. The molecule has 32 heavy (non-hydrogen) atoms. The molecular formula is C26H44N4O2. The maximum atomic E-state index is 6.03. The highest BCUT2D eigenvalue weighted by Crippen LogP contribution is 2.21. The summed E-state index contributed by atoms with van der Waals surface area (Å²) in [5, 5.41) is 3.51. The average Bonchev–Trinajstić information content (AvgIpc) is 2.82. The van der Waals surface area contributed by atoms with Gasteiger partial charge in [-0.15, -0.1) is 0 Å². The zero-order valence-corrected chi connectivity index (χ0v) is 20.5. The second-order valence-corrected chi connectivity index (χ2v) is 9.16. The Hall–Kier alpha value is -1.63. The summed E-state index contributed by atoms with van der Waals surface area (Å²) in [7, 11) is 1.74. The molecule has 0 bridgehead atoms. The van der Waals surface area contributed by atoms with Gasteiger partial charge in [-0.05, 0) is 63.6 Å². The molecule has 0 saturated carbocycles. The number of hydrogen-bond donors (Lipinski definition) is 1. The van der Waals surface area contributed by atoms with Gasteiger partial charge in [0.05, 0.1) is 12.6 Å². The third-order valence-corrected chi connectivity index (χ3v) is 6.75. The van der Waals surface area contributed by atoms with Crippen molar-refractivity contribution in [3.05, 3.63) is 35.4 Å². The van der Waals surface area contributed by atoms with Gasteiger partial charge in [0.15, 0.2) is 5.96 Å². The molecule has 2 saturated heterocycles. The number of hydrogen-bond acceptors (Lipinski definition) is 4. The van der Waals surface area contributed by atoms with Crippen LogP contribution < -0.4 is 5.32 Å². The summed E-state index contributed by atoms with van der Waals surface area (Å²) in [5.74, 6) is 1.03. The van der Waals surface area contributed by atoms with Crippen LogP contribution >= 0.6 is 0 Å². The van der Waals surface area contributed by atoms with Gasteiger partial charge >= 0.3 is 0 Å². The van der Waals surface area contributed by atoms with Crippen molar-refractivity contribution in [3.8, 4) is 0 Å². The number of nitrogens with one attached hydrogen (secondary N) is 1. The number of rotatable bonds is 10. The lowest BCUT2D eigenvalue weighted by atomic mass is 10.0. The van der Waals surface area contributed by atoms with Crippen LogP contribution in [0.15, 0.2) is 29.3 Å². The van der Waals surface area contributed by atoms with Gasteiger partial charge in [-0.25, -0.2) is 4.99 Å². The molecule has 2 fully saturated rings. The number of benzene rings is 1. The lowest BCUT2D eigenvalue weighted by Gasteiger charge is -2.34. The minimum absolute atomic E-state index is 0.359. The van der Waals surface area contributed by atoms with Gasteiger partial charge in [0.25, 0.3) is 0 Å². The zero-order valence-electron chi connectivity index (χ0n) is 20.5. The highest BCUT2D eigenvalue weighted by Gasteiger charge is 2.22. The molecule has 1 N–H and O–H groups in total. The molecule has 1 atom stereocenters. The molecule has 1 unspecified atom stereocenters. The van der Waals surface area contributed by atoms with E-state index in [9.17, 15) is 0 Å². The summed E-state index contributed by atoms with van der Waals surface area (Å²) in [4.78, 5) is 10.1. The Labute approximate surface area is 195 Å². The summed E-state index contributed by atoms with van der Waals surface area (Å²) < 4.78 is 11.1. The largest absolute Gasteiger partial charge is 0.385 e. The van der Waals surface area contributed by atoms with E-state index in [-0.39, 0.29) is 0 Å². The first-order valence-corrected chi connectivity index (χ1v) is 12.7. The Morgan fingerprint density at radius 1 is 1.06 bits per heavy atom. The number of piperidine rings is 2. The molecule has 2 heterocycles. The monoisotopic (exact) mass is 444 g/mol. The van der Waals surface area contributed by atoms with Gasteiger partial charge in [0, 0.05) is 52.5 Å². The standard InChI is InChI=1S/C26H44N4O2/c1-4-27-26(29-16-13-25(14-17-29)32-19-9-18-31-3)28-20-23-11-5-6-12-24(23)21-30-15-8-7-10-22(30)2/h5-6,11-12,22,25H,4,7-10,13-21H2,1-3H3,(H,27,28). The Morgan fingerprint density at radius 2 is 1.84 bits per heavy atom. The van der Waals surface area contributed by atoms with Crippen LogP contribution in [0.4, 0.5) is 0 Å². The zero-order chi connectivity index (χ0) is 22.6. The Kier molecular flexibility index (Phi) is 10.8. The first-order valence-electron chi connectivity index (χ1n) is 12.7. The second kappa shape index (κ2) is 13.8. The molecule has 6 nitrogen and oxygen atoms in total. The van der Waals surface area contributed by atoms with Crippen LogP contribution in [0.5, 0.6) is 0 Å². The first kappa shape index (κ1) is 25.0. The fourth-order valence-corrected chi connectivity index (χ4v) is 4.75. The molecule has 2 aliphatic rings. The quantitative estimate of drug-likeness (QED) is 0.335. The van der Waals surface area contributed by atoms with Crippen molar-refractivity contribution in [1.82, 2.24) is 15.1 Å². The predicted molar refractivity (Wildman–Crippen MR) is 132 cm³/mol. The van der Waals surface area contributed by atoms with E-state index < -0.39 is 0 Å². The minimum Gasteiger partial charge on any atom is -0.385 e. The maximum absolute atomic E-state index is 6.03. The highest BCUT2D eigenvalue weighted by atomic mass is 16.5. The SMILES string of the molecule is CCNC(=NCc1ccccc1CN1CCCCC1C)N1CCC(OCCCOC)CC1. The van der Waals surface area contributed by atoms with Crippen LogP contribution in [0.2, 0.25) is 0 Å². The first-order chi connectivity index (χ1) is 15.7. The van der Waals surface area contributed by atoms with E-state index in [2.05, 4.69) is 53.2 Å². The number of nitrogens with zero attached hydrogens (tertiary/aromatic N) is 3. The summed E-state index contributed by atoms with van der Waals surface area (Å²) >= 11 is 0. The number of methoxy groups -OCH3 is 1. The van der Waals surface area contributed by atoms with Crippen molar-refractivity contribution in [3.63, 3.8) is 0 Å². The fraction of sp³-hybridized carbons (Fsp3) is 0.731. The normalized spacial score (nSPS) is 21.2. The summed E-state index contributed by atoms with van der Waals surface area (Å²) in [6.45, 7) is 11.9. The van der Waals surface area contributed by atoms with E-state index in [1.54, 1.807) is 7.11 Å². The molecule has 180 valence electrons. The lowest BCUT2D eigenvalue weighted by molar-refractivity contribution is 0.00990. The Bertz CT molecular complexity index is 688. The van der Waals surface area contributed by atoms with Gasteiger partial charge in [0.1, 0.15) is 0 Å². The molecule has 0 aromatic heterocycles. The third kappa shape index (κ3) is 7.75. The van der Waals surface area contributed by atoms with Gasteiger partial charge in [-0.1, -0.05) is 30.7 Å². The summed E-state index contributed by atoms with van der Waals surface area (Å²) in [6, 6.07) is 9.52. The number of guanidine groups is 1. The smallest absolute Gasteiger partial charge is 0.194 e. The van der Waals surface area contributed by atoms with Crippen molar-refractivity contribution in [1.29, 1.82) is 0 Å². The summed E-state index contributed by atoms with van der Waals surface area (Å²) in [5.41, 5.74) is 2.76. The highest BCUT2D eigenvalue weighted by molar-refractivity contribution is 5.80. The Morgan fingerprint density at radius 3 is 2.56 bits per heavy atom. The molecule has 2 aliphatic heterocycles. The van der Waals surface area contributed by atoms with Crippen molar-refractivity contribution in [2.45, 2.75) is 77.6 Å². The fourth-order valence-electron chi connectivity index (χ4n) is 4.75. The minimum atomic E-state index is 0.359. The van der Waals surface area contributed by atoms with Crippen LogP contribution in [0.1, 0.15) is 63.5 Å². The van der Waals surface area contributed by atoms with Gasteiger partial charge in [-0.3, -0.25) is 4.90 Å². The van der Waals surface area contributed by atoms with Crippen LogP contribution in [0.3, 0.4) is 0 Å². The molecule has 3 rings (SSSR count). The van der Waals surface area contributed by atoms with Crippen LogP contribution in [-0.4, -0.2) is 74.4 Å². The molecule has 0 amide bonds. The van der Waals surface area contributed by atoms with Gasteiger partial charge < -0.3 is 19.7 Å². The average molecular weight is 445 g/mol. The number of aliphatic imine (C=N–C) groups is 1. The molecular weight excluding hydrogens is 400 g/mol. The number of ether oxygens (including phenoxy) is 2. The Balaban J connectivity index is 1.56. The third-order valence-electron chi connectivity index (χ3n) is 6.75. The van der Waals surface area contributed by atoms with Crippen LogP contribution in [0, 0.1) is 0 Å². The van der Waals surface area contributed by atoms with Crippen molar-refractivity contribution < 1.29 is 9.47 Å². The van der Waals surface area contributed by atoms with Gasteiger partial charge in [0.2, 0.25) is 0 Å². The van der Waals surface area contributed by atoms with E-state index in [0.29, 0.717) is 12.1 Å². The van der Waals surface area contributed by atoms with Gasteiger partial charge in [-0.2, -0.15) is 0 Å². The van der Waals surface area contributed by atoms with E-state index in [1.165, 1.54) is 36.9 Å². The van der Waals surface area contributed by atoms with E-state index in [0.717, 1.165) is 71.2 Å². The van der Waals surface area contributed by atoms with E-state index in [1.807, 2.05) is 0 Å². The van der Waals surface area contributed by atoms with Crippen molar-refractivity contribution in [2.75, 3.05) is 46.5 Å². The van der Waals surface area contributed by atoms with Crippen molar-refractivity contribution >= 4 is 5.96 Å². The van der Waals surface area contributed by atoms with E-state index >= 15 is 0 Å². The van der Waals surface area contributed by atoms with Crippen molar-refractivity contribution in [2.24, 2.45) is 4.99 Å². The van der Waals surface area contributed by atoms with Crippen LogP contribution in [0.25, 0.3) is 0 Å². The van der Waals surface area contributed by atoms with Crippen LogP contribution in [-0.2, 0) is 22.6 Å². The lowest BCUT2D eigenvalue weighted by Crippen LogP contribution is -2.47. The van der Waals surface area contributed by atoms with E-state index in [4.69, 9.17) is 14.5 Å². The number of likely N-dealkylation sites (tertiary alicyclic amines) is 2. The molecule has 0 aliphatic carbocycles. The molecule has 1 aromatic rings.